The molecule has 0 aliphatic rings. The lowest BCUT2D eigenvalue weighted by Gasteiger charge is -2.09. The fraction of sp³-hybridized carbons (Fsp3) is 0.0833. The van der Waals surface area contributed by atoms with Crippen molar-refractivity contribution in [2.24, 2.45) is 0 Å². The molecule has 1 N–H and O–H groups in total. The quantitative estimate of drug-likeness (QED) is 0.482. The lowest BCUT2D eigenvalue weighted by atomic mass is 10.1. The van der Waals surface area contributed by atoms with Crippen LogP contribution < -0.4 is 14.8 Å². The van der Waals surface area contributed by atoms with Crippen LogP contribution in [0.3, 0.4) is 0 Å². The Kier molecular flexibility index (Phi) is 5.66. The number of halogens is 1. The van der Waals surface area contributed by atoms with E-state index in [1.54, 1.807) is 37.1 Å². The van der Waals surface area contributed by atoms with E-state index >= 15 is 0 Å². The molecule has 7 heteroatoms. The lowest BCUT2D eigenvalue weighted by Crippen LogP contribution is -2.16. The zero-order valence-electron chi connectivity index (χ0n) is 17.0. The molecule has 1 amide bonds. The zero-order chi connectivity index (χ0) is 21.8. The predicted octanol–water partition coefficient (Wildman–Crippen LogP) is 4.95. The van der Waals surface area contributed by atoms with E-state index in [1.807, 2.05) is 36.4 Å². The van der Waals surface area contributed by atoms with Crippen molar-refractivity contribution in [3.8, 4) is 28.4 Å². The number of ether oxygens (including phenoxy) is 2. The number of rotatable bonds is 6. The number of carbonyl (C=O) groups is 1. The lowest BCUT2D eigenvalue weighted by molar-refractivity contribution is 0.101. The van der Waals surface area contributed by atoms with Gasteiger partial charge in [-0.3, -0.25) is 4.79 Å². The smallest absolute Gasteiger partial charge is 0.274 e. The van der Waals surface area contributed by atoms with Crippen molar-refractivity contribution < 1.29 is 18.7 Å². The van der Waals surface area contributed by atoms with Gasteiger partial charge in [-0.15, -0.1) is 0 Å². The highest BCUT2D eigenvalue weighted by molar-refractivity contribution is 6.04. The second-order valence-corrected chi connectivity index (χ2v) is 6.69. The fourth-order valence-corrected chi connectivity index (χ4v) is 3.18. The molecule has 0 unspecified atom stereocenters. The molecule has 6 nitrogen and oxygen atoms in total. The zero-order valence-corrected chi connectivity index (χ0v) is 17.0. The van der Waals surface area contributed by atoms with Crippen LogP contribution in [0.4, 0.5) is 10.1 Å². The Morgan fingerprint density at radius 1 is 0.935 bits per heavy atom. The molecule has 0 saturated carbocycles. The molecular weight excluding hydrogens is 397 g/mol. The normalized spacial score (nSPS) is 10.5. The van der Waals surface area contributed by atoms with Gasteiger partial charge in [-0.25, -0.2) is 9.07 Å². The van der Waals surface area contributed by atoms with Crippen LogP contribution in [0.25, 0.3) is 16.9 Å². The summed E-state index contributed by atoms with van der Waals surface area (Å²) in [6.45, 7) is 0. The summed E-state index contributed by atoms with van der Waals surface area (Å²) in [5.41, 5.74) is 2.81. The van der Waals surface area contributed by atoms with Gasteiger partial charge in [-0.2, -0.15) is 5.10 Å². The molecule has 4 aromatic rings. The molecule has 0 aliphatic carbocycles. The number of anilines is 1. The maximum atomic E-state index is 13.2. The molecule has 0 atom stereocenters. The first-order valence-corrected chi connectivity index (χ1v) is 9.54. The van der Waals surface area contributed by atoms with Crippen LogP contribution in [0, 0.1) is 5.82 Å². The van der Waals surface area contributed by atoms with Crippen molar-refractivity contribution in [3.63, 3.8) is 0 Å². The number of nitrogens with one attached hydrogen (secondary N) is 1. The van der Waals surface area contributed by atoms with Crippen molar-refractivity contribution >= 4 is 11.6 Å². The number of nitrogens with zero attached hydrogens (tertiary/aromatic N) is 2. The van der Waals surface area contributed by atoms with Crippen molar-refractivity contribution in [3.05, 3.63) is 90.4 Å². The molecule has 31 heavy (non-hydrogen) atoms. The second-order valence-electron chi connectivity index (χ2n) is 6.69. The Labute approximate surface area is 178 Å². The molecule has 156 valence electrons. The number of benzene rings is 3. The van der Waals surface area contributed by atoms with E-state index in [9.17, 15) is 9.18 Å². The topological polar surface area (TPSA) is 65.4 Å². The number of methoxy groups -OCH3 is 2. The summed E-state index contributed by atoms with van der Waals surface area (Å²) in [4.78, 5) is 13.1. The minimum atomic E-state index is -0.374. The van der Waals surface area contributed by atoms with E-state index in [-0.39, 0.29) is 11.7 Å². The summed E-state index contributed by atoms with van der Waals surface area (Å²) in [7, 11) is 3.14. The number of carbonyl (C=O) groups excluding carboxylic acids is 1. The van der Waals surface area contributed by atoms with Gasteiger partial charge in [0, 0.05) is 17.3 Å². The third-order valence-electron chi connectivity index (χ3n) is 4.73. The van der Waals surface area contributed by atoms with Crippen LogP contribution in [-0.2, 0) is 0 Å². The Morgan fingerprint density at radius 2 is 1.68 bits per heavy atom. The molecule has 0 fully saturated rings. The highest BCUT2D eigenvalue weighted by atomic mass is 19.1. The molecule has 0 saturated heterocycles. The van der Waals surface area contributed by atoms with E-state index < -0.39 is 0 Å². The summed E-state index contributed by atoms with van der Waals surface area (Å²) < 4.78 is 25.5. The van der Waals surface area contributed by atoms with Crippen molar-refractivity contribution in [1.29, 1.82) is 0 Å². The largest absolute Gasteiger partial charge is 0.497 e. The maximum Gasteiger partial charge on any atom is 0.274 e. The van der Waals surface area contributed by atoms with Gasteiger partial charge in [0.2, 0.25) is 0 Å². The van der Waals surface area contributed by atoms with Crippen molar-refractivity contribution in [2.75, 3.05) is 19.5 Å². The summed E-state index contributed by atoms with van der Waals surface area (Å²) in [5.74, 6) is 0.475. The summed E-state index contributed by atoms with van der Waals surface area (Å²) in [6, 6.07) is 22.0. The minimum absolute atomic E-state index is 0.323. The van der Waals surface area contributed by atoms with Crippen LogP contribution in [0.5, 0.6) is 11.5 Å². The highest BCUT2D eigenvalue weighted by Gasteiger charge is 2.20. The molecular formula is C24H20FN3O3. The number of hydrogen-bond donors (Lipinski definition) is 1. The van der Waals surface area contributed by atoms with E-state index in [4.69, 9.17) is 9.47 Å². The average molecular weight is 417 g/mol. The predicted molar refractivity (Wildman–Crippen MR) is 116 cm³/mol. The minimum Gasteiger partial charge on any atom is -0.497 e. The van der Waals surface area contributed by atoms with Crippen LogP contribution in [0.2, 0.25) is 0 Å². The SMILES string of the molecule is COc1ccc(-c2cc(C(=O)Nc3ccc(F)cc3)n(-c3ccccc3)n2)c(OC)c1. The molecule has 1 heterocycles. The van der Waals surface area contributed by atoms with Gasteiger partial charge in [-0.05, 0) is 54.6 Å². The standard InChI is InChI=1S/C24H20FN3O3/c1-30-19-12-13-20(23(14-19)31-2)21-15-22(28(27-21)18-6-4-3-5-7-18)24(29)26-17-10-8-16(25)9-11-17/h3-15H,1-2H3,(H,26,29). The van der Waals surface area contributed by atoms with Gasteiger partial charge in [0.05, 0.1) is 25.6 Å². The van der Waals surface area contributed by atoms with Gasteiger partial charge in [-0.1, -0.05) is 18.2 Å². The number of para-hydroxylation sites is 1. The van der Waals surface area contributed by atoms with Gasteiger partial charge >= 0.3 is 0 Å². The Bertz CT molecular complexity index is 1200. The highest BCUT2D eigenvalue weighted by Crippen LogP contribution is 2.33. The molecule has 0 spiro atoms. The van der Waals surface area contributed by atoms with E-state index in [0.717, 1.165) is 5.69 Å². The summed E-state index contributed by atoms with van der Waals surface area (Å²) in [6.07, 6.45) is 0. The van der Waals surface area contributed by atoms with Gasteiger partial charge in [0.25, 0.3) is 5.91 Å². The number of hydrogen-bond acceptors (Lipinski definition) is 4. The van der Waals surface area contributed by atoms with E-state index in [0.29, 0.717) is 34.1 Å². The second kappa shape index (κ2) is 8.71. The molecule has 0 aliphatic heterocycles. The first-order chi connectivity index (χ1) is 15.1. The van der Waals surface area contributed by atoms with Crippen LogP contribution in [-0.4, -0.2) is 29.9 Å². The molecule has 0 bridgehead atoms. The fourth-order valence-electron chi connectivity index (χ4n) is 3.18. The summed E-state index contributed by atoms with van der Waals surface area (Å²) >= 11 is 0. The number of amides is 1. The summed E-state index contributed by atoms with van der Waals surface area (Å²) in [5, 5.41) is 7.46. The first kappa shape index (κ1) is 20.2. The van der Waals surface area contributed by atoms with Gasteiger partial charge in [0.15, 0.2) is 0 Å². The third kappa shape index (κ3) is 4.25. The Hall–Kier alpha value is -4.13. The van der Waals surface area contributed by atoms with Crippen LogP contribution in [0.15, 0.2) is 78.9 Å². The van der Waals surface area contributed by atoms with Gasteiger partial charge < -0.3 is 14.8 Å². The molecule has 4 rings (SSSR count). The van der Waals surface area contributed by atoms with Crippen molar-refractivity contribution in [2.45, 2.75) is 0 Å². The molecule has 1 aromatic heterocycles. The Balaban J connectivity index is 1.78. The monoisotopic (exact) mass is 417 g/mol. The average Bonchev–Trinajstić information content (AvgIpc) is 3.26. The van der Waals surface area contributed by atoms with Crippen molar-refractivity contribution in [1.82, 2.24) is 9.78 Å². The maximum absolute atomic E-state index is 13.2. The van der Waals surface area contributed by atoms with Crippen LogP contribution in [0.1, 0.15) is 10.5 Å². The van der Waals surface area contributed by atoms with Crippen LogP contribution >= 0.6 is 0 Å². The first-order valence-electron chi connectivity index (χ1n) is 9.54. The van der Waals surface area contributed by atoms with Gasteiger partial charge in [0.1, 0.15) is 23.0 Å². The molecule has 3 aromatic carbocycles. The third-order valence-corrected chi connectivity index (χ3v) is 4.73. The Morgan fingerprint density at radius 3 is 2.35 bits per heavy atom. The van der Waals surface area contributed by atoms with E-state index in [1.165, 1.54) is 24.3 Å². The molecule has 0 radical (unpaired) electrons. The number of aromatic nitrogens is 2. The van der Waals surface area contributed by atoms with E-state index in [2.05, 4.69) is 10.4 Å².